The molecule has 0 unspecified atom stereocenters. The number of nitrogens with one attached hydrogen (secondary N) is 1. The van der Waals surface area contributed by atoms with Gasteiger partial charge in [-0.2, -0.15) is 13.2 Å². The van der Waals surface area contributed by atoms with Crippen LogP contribution in [0.25, 0.3) is 0 Å². The number of piperazine rings is 1. The zero-order valence-electron chi connectivity index (χ0n) is 17.5. The highest BCUT2D eigenvalue weighted by Crippen LogP contribution is 2.14. The number of nitrogens with zero attached hydrogens (tertiary/aromatic N) is 2. The first kappa shape index (κ1) is 25.8. The minimum atomic E-state index is -5.08. The van der Waals surface area contributed by atoms with Crippen molar-refractivity contribution in [3.63, 3.8) is 0 Å². The first-order chi connectivity index (χ1) is 15.6. The van der Waals surface area contributed by atoms with Crippen molar-refractivity contribution in [2.45, 2.75) is 12.7 Å². The first-order valence-electron chi connectivity index (χ1n) is 9.96. The Kier molecular flexibility index (Phi) is 9.34. The smallest absolute Gasteiger partial charge is 0.475 e. The van der Waals surface area contributed by atoms with Crippen LogP contribution in [0, 0.1) is 5.82 Å². The molecule has 0 aliphatic carbocycles. The highest BCUT2D eigenvalue weighted by atomic mass is 19.4. The molecule has 178 valence electrons. The topological polar surface area (TPSA) is 90.0 Å². The molecule has 2 aromatic rings. The Hall–Kier alpha value is -3.47. The molecule has 0 atom stereocenters. The summed E-state index contributed by atoms with van der Waals surface area (Å²) in [6.45, 7) is 2.91. The van der Waals surface area contributed by atoms with Gasteiger partial charge in [-0.05, 0) is 17.7 Å². The lowest BCUT2D eigenvalue weighted by Gasteiger charge is -2.30. The van der Waals surface area contributed by atoms with E-state index in [4.69, 9.17) is 9.90 Å². The summed E-state index contributed by atoms with van der Waals surface area (Å²) < 4.78 is 45.8. The molecule has 0 bridgehead atoms. The van der Waals surface area contributed by atoms with Gasteiger partial charge in [0.15, 0.2) is 0 Å². The van der Waals surface area contributed by atoms with E-state index in [1.54, 1.807) is 17.0 Å². The van der Waals surface area contributed by atoms with Crippen LogP contribution in [-0.4, -0.2) is 71.6 Å². The van der Waals surface area contributed by atoms with E-state index in [9.17, 15) is 27.2 Å². The Morgan fingerprint density at radius 3 is 2.06 bits per heavy atom. The zero-order chi connectivity index (χ0) is 24.4. The van der Waals surface area contributed by atoms with E-state index in [1.807, 2.05) is 30.3 Å². The van der Waals surface area contributed by atoms with Crippen molar-refractivity contribution in [1.82, 2.24) is 15.1 Å². The summed E-state index contributed by atoms with van der Waals surface area (Å²) in [5.41, 5.74) is 0.877. The molecule has 7 nitrogen and oxygen atoms in total. The molecule has 0 aromatic heterocycles. The van der Waals surface area contributed by atoms with Crippen molar-refractivity contribution in [2.24, 2.45) is 0 Å². The number of carboxylic acid groups (broad SMARTS) is 1. The number of carbonyl (C=O) groups excluding carboxylic acids is 2. The number of rotatable bonds is 5. The lowest BCUT2D eigenvalue weighted by atomic mass is 10.1. The van der Waals surface area contributed by atoms with Gasteiger partial charge >= 0.3 is 12.1 Å². The SMILES string of the molecule is O=C(CN(Cc1ccccc1)C(=O)c1ccccc1F)N1CCNCC1.O=C(O)C(F)(F)F. The van der Waals surface area contributed by atoms with Gasteiger partial charge in [0.1, 0.15) is 12.4 Å². The molecule has 2 amide bonds. The maximum Gasteiger partial charge on any atom is 0.490 e. The molecule has 0 saturated carbocycles. The van der Waals surface area contributed by atoms with Gasteiger partial charge in [0.05, 0.1) is 5.56 Å². The third-order valence-corrected chi connectivity index (χ3v) is 4.65. The molecule has 1 fully saturated rings. The number of aliphatic carboxylic acids is 1. The summed E-state index contributed by atoms with van der Waals surface area (Å²) in [6, 6.07) is 15.3. The minimum Gasteiger partial charge on any atom is -0.475 e. The highest BCUT2D eigenvalue weighted by molar-refractivity contribution is 5.96. The second-order valence-electron chi connectivity index (χ2n) is 7.06. The summed E-state index contributed by atoms with van der Waals surface area (Å²) in [6.07, 6.45) is -5.08. The Labute approximate surface area is 187 Å². The van der Waals surface area contributed by atoms with E-state index in [0.717, 1.165) is 18.7 Å². The lowest BCUT2D eigenvalue weighted by molar-refractivity contribution is -0.192. The van der Waals surface area contributed by atoms with Gasteiger partial charge in [-0.25, -0.2) is 9.18 Å². The number of benzene rings is 2. The first-order valence-corrected chi connectivity index (χ1v) is 9.96. The fourth-order valence-electron chi connectivity index (χ4n) is 2.99. The highest BCUT2D eigenvalue weighted by Gasteiger charge is 2.38. The maximum absolute atomic E-state index is 14.1. The predicted molar refractivity (Wildman–Crippen MR) is 111 cm³/mol. The Morgan fingerprint density at radius 2 is 1.52 bits per heavy atom. The number of halogens is 4. The zero-order valence-corrected chi connectivity index (χ0v) is 17.5. The van der Waals surface area contributed by atoms with Crippen LogP contribution < -0.4 is 5.32 Å². The molecule has 1 aliphatic rings. The van der Waals surface area contributed by atoms with E-state index in [0.29, 0.717) is 13.1 Å². The van der Waals surface area contributed by atoms with E-state index in [1.165, 1.54) is 17.0 Å². The monoisotopic (exact) mass is 469 g/mol. The second kappa shape index (κ2) is 12.0. The number of carbonyl (C=O) groups is 3. The molecule has 0 radical (unpaired) electrons. The second-order valence-corrected chi connectivity index (χ2v) is 7.06. The van der Waals surface area contributed by atoms with Crippen LogP contribution in [-0.2, 0) is 16.1 Å². The molecule has 2 aromatic carbocycles. The number of alkyl halides is 3. The Morgan fingerprint density at radius 1 is 0.970 bits per heavy atom. The predicted octanol–water partition coefficient (Wildman–Crippen LogP) is 2.53. The molecule has 2 N–H and O–H groups in total. The molecule has 1 heterocycles. The van der Waals surface area contributed by atoms with E-state index in [2.05, 4.69) is 5.32 Å². The van der Waals surface area contributed by atoms with E-state index < -0.39 is 23.9 Å². The van der Waals surface area contributed by atoms with Gasteiger partial charge in [-0.3, -0.25) is 9.59 Å². The molecule has 0 spiro atoms. The fourth-order valence-corrected chi connectivity index (χ4v) is 2.99. The number of hydrogen-bond acceptors (Lipinski definition) is 4. The van der Waals surface area contributed by atoms with Crippen LogP contribution in [0.3, 0.4) is 0 Å². The van der Waals surface area contributed by atoms with Crippen molar-refractivity contribution < 1.29 is 37.1 Å². The summed E-state index contributed by atoms with van der Waals surface area (Å²) in [5, 5.41) is 10.3. The number of amides is 2. The molecule has 11 heteroatoms. The van der Waals surface area contributed by atoms with Crippen molar-refractivity contribution in [1.29, 1.82) is 0 Å². The van der Waals surface area contributed by atoms with E-state index >= 15 is 0 Å². The molecule has 1 saturated heterocycles. The van der Waals surface area contributed by atoms with Crippen molar-refractivity contribution >= 4 is 17.8 Å². The quantitative estimate of drug-likeness (QED) is 0.657. The summed E-state index contributed by atoms with van der Waals surface area (Å²) >= 11 is 0. The van der Waals surface area contributed by atoms with E-state index in [-0.39, 0.29) is 24.6 Å². The minimum absolute atomic E-state index is 0.0171. The normalized spacial score (nSPS) is 13.5. The Balaban J connectivity index is 0.000000479. The third-order valence-electron chi connectivity index (χ3n) is 4.65. The Bertz CT molecular complexity index is 948. The summed E-state index contributed by atoms with van der Waals surface area (Å²) in [5.74, 6) is -3.93. The molecule has 1 aliphatic heterocycles. The maximum atomic E-state index is 14.1. The van der Waals surface area contributed by atoms with Crippen molar-refractivity contribution in [2.75, 3.05) is 32.7 Å². The van der Waals surface area contributed by atoms with Crippen LogP contribution in [0.4, 0.5) is 17.6 Å². The van der Waals surface area contributed by atoms with Gasteiger partial charge in [0.25, 0.3) is 5.91 Å². The lowest BCUT2D eigenvalue weighted by Crippen LogP contribution is -2.50. The number of carboxylic acids is 1. The summed E-state index contributed by atoms with van der Waals surface area (Å²) in [4.78, 5) is 37.6. The largest absolute Gasteiger partial charge is 0.490 e. The molecule has 3 rings (SSSR count). The third kappa shape index (κ3) is 8.19. The van der Waals surface area contributed by atoms with Crippen LogP contribution in [0.2, 0.25) is 0 Å². The molecule has 33 heavy (non-hydrogen) atoms. The van der Waals surface area contributed by atoms with Crippen molar-refractivity contribution in [3.05, 3.63) is 71.5 Å². The fraction of sp³-hybridized carbons (Fsp3) is 0.318. The van der Waals surface area contributed by atoms with Gasteiger partial charge in [0, 0.05) is 32.7 Å². The molecular formula is C22H23F4N3O4. The average molecular weight is 469 g/mol. The summed E-state index contributed by atoms with van der Waals surface area (Å²) in [7, 11) is 0. The number of hydrogen-bond donors (Lipinski definition) is 2. The van der Waals surface area contributed by atoms with Crippen LogP contribution in [0.15, 0.2) is 54.6 Å². The van der Waals surface area contributed by atoms with Crippen LogP contribution in [0.5, 0.6) is 0 Å². The van der Waals surface area contributed by atoms with Gasteiger partial charge in [-0.1, -0.05) is 42.5 Å². The van der Waals surface area contributed by atoms with Gasteiger partial charge in [0.2, 0.25) is 5.91 Å². The molecular weight excluding hydrogens is 446 g/mol. The standard InChI is InChI=1S/C20H22FN3O2.C2HF3O2/c21-18-9-5-4-8-17(18)20(26)24(14-16-6-2-1-3-7-16)15-19(25)23-12-10-22-11-13-23;3-2(4,5)1(6)7/h1-9,22H,10-15H2;(H,6,7). The van der Waals surface area contributed by atoms with Gasteiger partial charge in [-0.15, -0.1) is 0 Å². The van der Waals surface area contributed by atoms with Gasteiger partial charge < -0.3 is 20.2 Å². The van der Waals surface area contributed by atoms with Crippen LogP contribution in [0.1, 0.15) is 15.9 Å². The van der Waals surface area contributed by atoms with Crippen molar-refractivity contribution in [3.8, 4) is 0 Å². The van der Waals surface area contributed by atoms with Crippen LogP contribution >= 0.6 is 0 Å². The average Bonchev–Trinajstić information content (AvgIpc) is 2.79.